The van der Waals surface area contributed by atoms with Gasteiger partial charge in [-0.3, -0.25) is 4.79 Å². The molecule has 0 atom stereocenters. The zero-order valence-corrected chi connectivity index (χ0v) is 13.9. The number of hydrogen-bond acceptors (Lipinski definition) is 4. The number of hydrogen-bond donors (Lipinski definition) is 2. The van der Waals surface area contributed by atoms with Crippen LogP contribution in [0.3, 0.4) is 0 Å². The predicted octanol–water partition coefficient (Wildman–Crippen LogP) is 3.89. The van der Waals surface area contributed by atoms with Crippen LogP contribution in [0.25, 0.3) is 22.2 Å². The Balaban J connectivity index is 2.17. The van der Waals surface area contributed by atoms with Crippen molar-refractivity contribution in [3.63, 3.8) is 0 Å². The lowest BCUT2D eigenvalue weighted by Gasteiger charge is -2.19. The second kappa shape index (κ2) is 5.70. The number of H-pyrrole nitrogens is 1. The van der Waals surface area contributed by atoms with E-state index in [1.165, 1.54) is 18.1 Å². The Labute approximate surface area is 138 Å². The van der Waals surface area contributed by atoms with Gasteiger partial charge in [0.25, 0.3) is 0 Å². The lowest BCUT2D eigenvalue weighted by molar-refractivity contribution is -0.138. The summed E-state index contributed by atoms with van der Waals surface area (Å²) in [6, 6.07) is 6.15. The Kier molecular flexibility index (Phi) is 3.85. The van der Waals surface area contributed by atoms with Crippen molar-refractivity contribution in [2.75, 3.05) is 0 Å². The second-order valence-corrected chi connectivity index (χ2v) is 7.57. The van der Waals surface area contributed by atoms with Crippen LogP contribution in [0.4, 0.5) is 0 Å². The summed E-state index contributed by atoms with van der Waals surface area (Å²) in [7, 11) is 0. The summed E-state index contributed by atoms with van der Waals surface area (Å²) in [5, 5.41) is 10.4. The number of fused-ring (bicyclic) bond motifs is 1. The van der Waals surface area contributed by atoms with Crippen LogP contribution in [-0.4, -0.2) is 30.8 Å². The van der Waals surface area contributed by atoms with Crippen molar-refractivity contribution >= 4 is 28.6 Å². The van der Waals surface area contributed by atoms with Crippen molar-refractivity contribution in [2.24, 2.45) is 0 Å². The van der Waals surface area contributed by atoms with Crippen LogP contribution in [0, 0.1) is 6.92 Å². The first kappa shape index (κ1) is 15.6. The van der Waals surface area contributed by atoms with Gasteiger partial charge in [0.2, 0.25) is 0 Å². The topological polar surface area (TPSA) is 78.9 Å². The van der Waals surface area contributed by atoms with E-state index in [1.54, 1.807) is 20.0 Å². The normalized spacial score (nSPS) is 11.8. The quantitative estimate of drug-likeness (QED) is 0.711. The van der Waals surface area contributed by atoms with Gasteiger partial charge in [0.05, 0.1) is 10.6 Å². The molecule has 0 fully saturated rings. The number of aryl methyl sites for hydroxylation is 1. The number of nitrogens with one attached hydrogen (secondary N) is 1. The van der Waals surface area contributed by atoms with Gasteiger partial charge < -0.3 is 10.1 Å². The highest BCUT2D eigenvalue weighted by Gasteiger charge is 2.30. The van der Waals surface area contributed by atoms with Crippen LogP contribution in [0.15, 0.2) is 41.8 Å². The van der Waals surface area contributed by atoms with Crippen molar-refractivity contribution in [3.05, 3.63) is 42.5 Å². The van der Waals surface area contributed by atoms with Crippen molar-refractivity contribution in [2.45, 2.75) is 30.4 Å². The molecule has 0 aliphatic rings. The summed E-state index contributed by atoms with van der Waals surface area (Å²) >= 11 is 1.26. The van der Waals surface area contributed by atoms with Crippen LogP contribution in [0.1, 0.15) is 19.4 Å². The van der Waals surface area contributed by atoms with Crippen LogP contribution >= 0.6 is 11.8 Å². The van der Waals surface area contributed by atoms with Gasteiger partial charge in [0.1, 0.15) is 11.1 Å². The van der Waals surface area contributed by atoms with Crippen LogP contribution in [0.2, 0.25) is 0 Å². The van der Waals surface area contributed by atoms with Crippen LogP contribution in [0.5, 0.6) is 0 Å². The zero-order valence-electron chi connectivity index (χ0n) is 13.1. The zero-order chi connectivity index (χ0) is 16.6. The van der Waals surface area contributed by atoms with Gasteiger partial charge in [-0.15, -0.1) is 11.8 Å². The summed E-state index contributed by atoms with van der Waals surface area (Å²) < 4.78 is -0.958. The second-order valence-electron chi connectivity index (χ2n) is 5.90. The number of aliphatic carboxylic acids is 1. The number of nitrogens with zero attached hydrogens (tertiary/aromatic N) is 2. The Bertz CT molecular complexity index is 886. The molecule has 0 spiro atoms. The molecule has 0 saturated carbocycles. The molecule has 0 amide bonds. The molecule has 0 aliphatic heterocycles. The van der Waals surface area contributed by atoms with Crippen LogP contribution in [-0.2, 0) is 4.79 Å². The average molecular weight is 327 g/mol. The molecule has 2 N–H and O–H groups in total. The fourth-order valence-corrected chi connectivity index (χ4v) is 3.43. The number of benzene rings is 1. The number of carboxylic acids is 1. The van der Waals surface area contributed by atoms with Gasteiger partial charge in [0.15, 0.2) is 0 Å². The predicted molar refractivity (Wildman–Crippen MR) is 91.6 cm³/mol. The Morgan fingerprint density at radius 2 is 2.13 bits per heavy atom. The molecule has 3 rings (SSSR count). The molecule has 0 saturated heterocycles. The van der Waals surface area contributed by atoms with E-state index in [0.29, 0.717) is 0 Å². The number of rotatable bonds is 4. The third-order valence-corrected chi connectivity index (χ3v) is 4.83. The summed E-state index contributed by atoms with van der Waals surface area (Å²) in [6.45, 7) is 5.39. The van der Waals surface area contributed by atoms with E-state index in [4.69, 9.17) is 0 Å². The van der Waals surface area contributed by atoms with Gasteiger partial charge in [-0.1, -0.05) is 0 Å². The number of carbonyl (C=O) groups is 1. The Hall–Kier alpha value is -2.34. The average Bonchev–Trinajstić information content (AvgIpc) is 2.94. The molecule has 0 radical (unpaired) electrons. The monoisotopic (exact) mass is 327 g/mol. The first-order valence-corrected chi connectivity index (χ1v) is 8.00. The molecule has 2 heterocycles. The van der Waals surface area contributed by atoms with E-state index in [1.807, 2.05) is 19.2 Å². The number of aromatic amines is 1. The first-order valence-electron chi connectivity index (χ1n) is 7.19. The van der Waals surface area contributed by atoms with Crippen molar-refractivity contribution in [1.29, 1.82) is 0 Å². The maximum absolute atomic E-state index is 11.4. The molecular weight excluding hydrogens is 310 g/mol. The number of carboxylic acid groups (broad SMARTS) is 1. The van der Waals surface area contributed by atoms with Gasteiger partial charge in [-0.2, -0.15) is 0 Å². The van der Waals surface area contributed by atoms with Crippen LogP contribution < -0.4 is 0 Å². The Morgan fingerprint density at radius 3 is 2.87 bits per heavy atom. The lowest BCUT2D eigenvalue weighted by atomic mass is 10.0. The highest BCUT2D eigenvalue weighted by atomic mass is 32.2. The van der Waals surface area contributed by atoms with Gasteiger partial charge in [0, 0.05) is 28.9 Å². The maximum atomic E-state index is 11.4. The molecule has 1 aromatic carbocycles. The van der Waals surface area contributed by atoms with Gasteiger partial charge in [-0.05, 0) is 44.5 Å². The summed E-state index contributed by atoms with van der Waals surface area (Å²) in [6.07, 6.45) is 5.06. The van der Waals surface area contributed by atoms with Gasteiger partial charge >= 0.3 is 5.97 Å². The molecule has 0 unspecified atom stereocenters. The highest BCUT2D eigenvalue weighted by Crippen LogP contribution is 2.39. The molecular formula is C17H17N3O2S. The molecule has 5 nitrogen and oxygen atoms in total. The van der Waals surface area contributed by atoms with E-state index in [9.17, 15) is 9.90 Å². The minimum absolute atomic E-state index is 0.757. The van der Waals surface area contributed by atoms with E-state index in [-0.39, 0.29) is 0 Å². The van der Waals surface area contributed by atoms with Crippen molar-refractivity contribution < 1.29 is 9.90 Å². The molecule has 118 valence electrons. The smallest absolute Gasteiger partial charge is 0.319 e. The molecule has 3 aromatic rings. The third kappa shape index (κ3) is 2.94. The van der Waals surface area contributed by atoms with Crippen molar-refractivity contribution in [3.8, 4) is 11.3 Å². The SMILES string of the molecule is Cc1cc(-c2ncncc2SC(C)(C)C(=O)O)c2cc[nH]c2c1. The Morgan fingerprint density at radius 1 is 1.35 bits per heavy atom. The van der Waals surface area contributed by atoms with Crippen molar-refractivity contribution in [1.82, 2.24) is 15.0 Å². The molecule has 0 aliphatic carbocycles. The third-order valence-electron chi connectivity index (χ3n) is 3.63. The number of aromatic nitrogens is 3. The highest BCUT2D eigenvalue weighted by molar-refractivity contribution is 8.01. The number of thioether (sulfide) groups is 1. The standard InChI is InChI=1S/C17H17N3O2S/c1-10-6-12(11-4-5-19-13(11)7-10)15-14(8-18-9-20-15)23-17(2,3)16(21)22/h4-9,19H,1-3H3,(H,21,22). The van der Waals surface area contributed by atoms with E-state index in [0.717, 1.165) is 32.6 Å². The summed E-state index contributed by atoms with van der Waals surface area (Å²) in [5.41, 5.74) is 3.88. The van der Waals surface area contributed by atoms with Gasteiger partial charge in [-0.25, -0.2) is 9.97 Å². The largest absolute Gasteiger partial charge is 0.480 e. The minimum Gasteiger partial charge on any atom is -0.480 e. The maximum Gasteiger partial charge on any atom is 0.319 e. The fraction of sp³-hybridized carbons (Fsp3) is 0.235. The first-order chi connectivity index (χ1) is 10.9. The summed E-state index contributed by atoms with van der Waals surface area (Å²) in [4.78, 5) is 23.9. The van der Waals surface area contributed by atoms with E-state index >= 15 is 0 Å². The van der Waals surface area contributed by atoms with E-state index in [2.05, 4.69) is 27.1 Å². The molecule has 2 aromatic heterocycles. The molecule has 6 heteroatoms. The van der Waals surface area contributed by atoms with E-state index < -0.39 is 10.7 Å². The molecule has 0 bridgehead atoms. The minimum atomic E-state index is -0.958. The summed E-state index contributed by atoms with van der Waals surface area (Å²) in [5.74, 6) is -0.867. The molecule has 23 heavy (non-hydrogen) atoms. The lowest BCUT2D eigenvalue weighted by Crippen LogP contribution is -2.27. The fourth-order valence-electron chi connectivity index (χ4n) is 2.42.